The van der Waals surface area contributed by atoms with Crippen LogP contribution in [-0.4, -0.2) is 41.1 Å². The standard InChI is InChI=1S/C21H21F2N5O.H2/c1-13-2-18(7-19(3-13)27-8-14(9-27)15-10-29-11-15)25-21-24-12-28(26-21)20-5-16(22)4-17(23)6-20;/h2-7,12,14-15H,8-11H2,1H3,(H,25,26);1H. The lowest BCUT2D eigenvalue weighted by atomic mass is 9.84. The molecule has 3 aromatic rings. The van der Waals surface area contributed by atoms with Gasteiger partial charge >= 0.3 is 0 Å². The number of rotatable bonds is 5. The lowest BCUT2D eigenvalue weighted by Gasteiger charge is -2.47. The summed E-state index contributed by atoms with van der Waals surface area (Å²) in [5, 5.41) is 7.47. The Kier molecular flexibility index (Phi) is 4.43. The Morgan fingerprint density at radius 1 is 1.00 bits per heavy atom. The first-order valence-electron chi connectivity index (χ1n) is 9.63. The minimum atomic E-state index is -0.658. The molecule has 2 aliphatic rings. The van der Waals surface area contributed by atoms with Crippen LogP contribution in [0.25, 0.3) is 5.69 Å². The molecule has 0 radical (unpaired) electrons. The molecule has 0 bridgehead atoms. The molecule has 1 N–H and O–H groups in total. The van der Waals surface area contributed by atoms with Gasteiger partial charge in [-0.2, -0.15) is 4.98 Å². The van der Waals surface area contributed by atoms with E-state index in [1.54, 1.807) is 0 Å². The predicted molar refractivity (Wildman–Crippen MR) is 108 cm³/mol. The molecule has 5 rings (SSSR count). The summed E-state index contributed by atoms with van der Waals surface area (Å²) in [7, 11) is 0. The van der Waals surface area contributed by atoms with E-state index in [2.05, 4.69) is 32.4 Å². The third-order valence-electron chi connectivity index (χ3n) is 5.53. The monoisotopic (exact) mass is 399 g/mol. The topological polar surface area (TPSA) is 55.2 Å². The number of ether oxygens (including phenoxy) is 1. The van der Waals surface area contributed by atoms with Gasteiger partial charge in [0.05, 0.1) is 18.9 Å². The molecular formula is C21H23F2N5O. The van der Waals surface area contributed by atoms with Crippen LogP contribution in [0.2, 0.25) is 0 Å². The number of aryl methyl sites for hydroxylation is 1. The Balaban J connectivity index is 0.00000218. The Hall–Kier alpha value is -3.00. The summed E-state index contributed by atoms with van der Waals surface area (Å²) in [6, 6.07) is 9.50. The number of hydrogen-bond acceptors (Lipinski definition) is 5. The molecule has 6 nitrogen and oxygen atoms in total. The summed E-state index contributed by atoms with van der Waals surface area (Å²) < 4.78 is 33.5. The zero-order valence-electron chi connectivity index (χ0n) is 16.0. The van der Waals surface area contributed by atoms with E-state index in [1.807, 2.05) is 13.0 Å². The lowest BCUT2D eigenvalue weighted by molar-refractivity contribution is -0.0659. The van der Waals surface area contributed by atoms with Gasteiger partial charge in [0.2, 0.25) is 5.95 Å². The fourth-order valence-electron chi connectivity index (χ4n) is 3.81. The van der Waals surface area contributed by atoms with Crippen LogP contribution in [-0.2, 0) is 4.74 Å². The summed E-state index contributed by atoms with van der Waals surface area (Å²) in [4.78, 5) is 6.57. The molecule has 2 aliphatic heterocycles. The van der Waals surface area contributed by atoms with Crippen molar-refractivity contribution < 1.29 is 14.9 Å². The summed E-state index contributed by atoms with van der Waals surface area (Å²) >= 11 is 0. The van der Waals surface area contributed by atoms with Gasteiger partial charge in [0.15, 0.2) is 0 Å². The highest BCUT2D eigenvalue weighted by atomic mass is 19.1. The quantitative estimate of drug-likeness (QED) is 0.705. The van der Waals surface area contributed by atoms with Gasteiger partial charge in [-0.05, 0) is 42.8 Å². The lowest BCUT2D eigenvalue weighted by Crippen LogP contribution is -2.54. The Bertz CT molecular complexity index is 1030. The van der Waals surface area contributed by atoms with E-state index in [-0.39, 0.29) is 7.11 Å². The van der Waals surface area contributed by atoms with Gasteiger partial charge in [-0.25, -0.2) is 13.5 Å². The van der Waals surface area contributed by atoms with Crippen molar-refractivity contribution in [3.8, 4) is 5.69 Å². The Morgan fingerprint density at radius 2 is 1.76 bits per heavy atom. The summed E-state index contributed by atoms with van der Waals surface area (Å²) in [6.07, 6.45) is 1.42. The van der Waals surface area contributed by atoms with Gasteiger partial charge in [-0.1, -0.05) is 0 Å². The number of anilines is 3. The number of nitrogens with one attached hydrogen (secondary N) is 1. The first-order valence-corrected chi connectivity index (χ1v) is 9.63. The van der Waals surface area contributed by atoms with Crippen LogP contribution < -0.4 is 10.2 Å². The van der Waals surface area contributed by atoms with Crippen LogP contribution in [0.4, 0.5) is 26.1 Å². The summed E-state index contributed by atoms with van der Waals surface area (Å²) in [6.45, 7) is 5.93. The molecule has 2 saturated heterocycles. The minimum absolute atomic E-state index is 0. The van der Waals surface area contributed by atoms with Crippen LogP contribution in [0.3, 0.4) is 0 Å². The average Bonchev–Trinajstić information content (AvgIpc) is 3.03. The zero-order chi connectivity index (χ0) is 20.0. The molecule has 2 aromatic carbocycles. The molecule has 8 heteroatoms. The van der Waals surface area contributed by atoms with E-state index < -0.39 is 11.6 Å². The fourth-order valence-corrected chi connectivity index (χ4v) is 3.81. The molecule has 152 valence electrons. The molecule has 29 heavy (non-hydrogen) atoms. The van der Waals surface area contributed by atoms with Crippen molar-refractivity contribution in [1.82, 2.24) is 14.8 Å². The number of hydrogen-bond donors (Lipinski definition) is 1. The molecule has 2 fully saturated rings. The maximum absolute atomic E-state index is 13.4. The van der Waals surface area contributed by atoms with E-state index in [1.165, 1.54) is 23.1 Å². The second-order valence-corrected chi connectivity index (χ2v) is 7.79. The van der Waals surface area contributed by atoms with E-state index >= 15 is 0 Å². The highest BCUT2D eigenvalue weighted by Gasteiger charge is 2.37. The van der Waals surface area contributed by atoms with Crippen LogP contribution in [0, 0.1) is 30.4 Å². The molecule has 0 spiro atoms. The third-order valence-corrected chi connectivity index (χ3v) is 5.53. The second kappa shape index (κ2) is 7.11. The molecule has 1 aromatic heterocycles. The largest absolute Gasteiger partial charge is 0.381 e. The van der Waals surface area contributed by atoms with Crippen molar-refractivity contribution in [2.75, 3.05) is 36.5 Å². The first kappa shape index (κ1) is 18.1. The van der Waals surface area contributed by atoms with Gasteiger partial charge in [-0.15, -0.1) is 5.10 Å². The van der Waals surface area contributed by atoms with Crippen molar-refractivity contribution >= 4 is 17.3 Å². The van der Waals surface area contributed by atoms with Crippen LogP contribution in [0.1, 0.15) is 6.99 Å². The zero-order valence-corrected chi connectivity index (χ0v) is 16.0. The van der Waals surface area contributed by atoms with Gasteiger partial charge in [-0.3, -0.25) is 0 Å². The smallest absolute Gasteiger partial charge is 0.246 e. The van der Waals surface area contributed by atoms with Crippen molar-refractivity contribution in [2.45, 2.75) is 6.92 Å². The van der Waals surface area contributed by atoms with Gasteiger partial charge in [0.25, 0.3) is 0 Å². The molecule has 3 heterocycles. The average molecular weight is 399 g/mol. The number of nitrogens with zero attached hydrogens (tertiary/aromatic N) is 4. The second-order valence-electron chi connectivity index (χ2n) is 7.79. The molecular weight excluding hydrogens is 376 g/mol. The van der Waals surface area contributed by atoms with Crippen LogP contribution >= 0.6 is 0 Å². The Labute approximate surface area is 168 Å². The van der Waals surface area contributed by atoms with Crippen molar-refractivity contribution in [3.05, 3.63) is 59.9 Å². The fraction of sp³-hybridized carbons (Fsp3) is 0.333. The van der Waals surface area contributed by atoms with Gasteiger partial charge in [0, 0.05) is 43.8 Å². The predicted octanol–water partition coefficient (Wildman–Crippen LogP) is 3.93. The van der Waals surface area contributed by atoms with Gasteiger partial charge < -0.3 is 15.0 Å². The maximum Gasteiger partial charge on any atom is 0.246 e. The normalized spacial score (nSPS) is 17.1. The number of benzene rings is 2. The van der Waals surface area contributed by atoms with Crippen LogP contribution in [0.15, 0.2) is 42.7 Å². The first-order chi connectivity index (χ1) is 14.0. The molecule has 0 amide bonds. The molecule has 0 saturated carbocycles. The number of halogens is 2. The van der Waals surface area contributed by atoms with E-state index in [0.29, 0.717) is 17.8 Å². The van der Waals surface area contributed by atoms with E-state index in [9.17, 15) is 8.78 Å². The highest BCUT2D eigenvalue weighted by Crippen LogP contribution is 2.34. The van der Waals surface area contributed by atoms with E-state index in [4.69, 9.17) is 4.74 Å². The van der Waals surface area contributed by atoms with E-state index in [0.717, 1.165) is 49.3 Å². The molecule has 0 aliphatic carbocycles. The third kappa shape index (κ3) is 3.67. The van der Waals surface area contributed by atoms with Gasteiger partial charge in [0.1, 0.15) is 18.0 Å². The van der Waals surface area contributed by atoms with Crippen LogP contribution in [0.5, 0.6) is 0 Å². The minimum Gasteiger partial charge on any atom is -0.381 e. The van der Waals surface area contributed by atoms with Crippen molar-refractivity contribution in [3.63, 3.8) is 0 Å². The molecule has 0 atom stereocenters. The molecule has 0 unspecified atom stereocenters. The van der Waals surface area contributed by atoms with Crippen molar-refractivity contribution in [1.29, 1.82) is 0 Å². The number of aromatic nitrogens is 3. The Morgan fingerprint density at radius 3 is 2.45 bits per heavy atom. The summed E-state index contributed by atoms with van der Waals surface area (Å²) in [5.74, 6) is 0.461. The maximum atomic E-state index is 13.4. The summed E-state index contributed by atoms with van der Waals surface area (Å²) in [5.41, 5.74) is 3.45. The SMILES string of the molecule is Cc1cc(Nc2ncn(-c3cc(F)cc(F)c3)n2)cc(N2CC(C3COC3)C2)c1.[HH]. The highest BCUT2D eigenvalue weighted by molar-refractivity contribution is 5.64. The van der Waals surface area contributed by atoms with Crippen molar-refractivity contribution in [2.24, 2.45) is 11.8 Å².